The van der Waals surface area contributed by atoms with Crippen molar-refractivity contribution in [1.29, 1.82) is 0 Å². The predicted molar refractivity (Wildman–Crippen MR) is 125 cm³/mol. The second-order valence-electron chi connectivity index (χ2n) is 6.65. The molecule has 0 N–H and O–H groups in total. The minimum absolute atomic E-state index is 0.245. The van der Waals surface area contributed by atoms with Gasteiger partial charge in [-0.3, -0.25) is 4.79 Å². The summed E-state index contributed by atoms with van der Waals surface area (Å²) >= 11 is 13.6. The summed E-state index contributed by atoms with van der Waals surface area (Å²) in [5.41, 5.74) is 1.48. The van der Waals surface area contributed by atoms with Crippen LogP contribution >= 0.6 is 34.5 Å². The van der Waals surface area contributed by atoms with Crippen molar-refractivity contribution in [3.05, 3.63) is 103 Å². The molecule has 5 nitrogen and oxygen atoms in total. The van der Waals surface area contributed by atoms with Crippen LogP contribution in [0.4, 0.5) is 0 Å². The van der Waals surface area contributed by atoms with E-state index in [0.29, 0.717) is 42.4 Å². The van der Waals surface area contributed by atoms with Crippen LogP contribution < -0.4 is 10.1 Å². The Morgan fingerprint density at radius 2 is 1.84 bits per heavy atom. The Bertz CT molecular complexity index is 1530. The Hall–Kier alpha value is -3.19. The highest BCUT2D eigenvalue weighted by Crippen LogP contribution is 2.31. The number of nitrogens with zero attached hydrogens (tertiary/aromatic N) is 3. The quantitative estimate of drug-likeness (QED) is 0.354. The van der Waals surface area contributed by atoms with Gasteiger partial charge in [-0.1, -0.05) is 70.9 Å². The maximum atomic E-state index is 12.7. The minimum Gasteiger partial charge on any atom is -0.457 e. The lowest BCUT2D eigenvalue weighted by Crippen LogP contribution is -2.23. The zero-order valence-corrected chi connectivity index (χ0v) is 18.2. The average molecular weight is 466 g/mol. The van der Waals surface area contributed by atoms with Crippen LogP contribution in [-0.2, 0) is 0 Å². The molecular formula is C23H13Cl2N3O2S. The van der Waals surface area contributed by atoms with E-state index in [2.05, 4.69) is 10.1 Å². The van der Waals surface area contributed by atoms with Gasteiger partial charge in [-0.05, 0) is 42.0 Å². The SMILES string of the molecule is O=c1c(=Cc2ccc(-c3cc(Cl)ccc3Cl)o2)sc2nc(C=Cc3ccccc3)nn12. The maximum absolute atomic E-state index is 12.7. The first-order valence-electron chi connectivity index (χ1n) is 9.26. The second kappa shape index (κ2) is 8.15. The van der Waals surface area contributed by atoms with E-state index < -0.39 is 0 Å². The Morgan fingerprint density at radius 1 is 1.00 bits per heavy atom. The van der Waals surface area contributed by atoms with E-state index in [1.54, 1.807) is 42.5 Å². The number of hydrogen-bond acceptors (Lipinski definition) is 5. The van der Waals surface area contributed by atoms with Crippen LogP contribution in [0.25, 0.3) is 34.5 Å². The van der Waals surface area contributed by atoms with Crippen molar-refractivity contribution in [2.75, 3.05) is 0 Å². The van der Waals surface area contributed by atoms with Gasteiger partial charge in [0.2, 0.25) is 4.96 Å². The number of benzene rings is 2. The molecule has 5 rings (SSSR count). The van der Waals surface area contributed by atoms with Gasteiger partial charge in [0.1, 0.15) is 16.1 Å². The average Bonchev–Trinajstić information content (AvgIpc) is 3.47. The molecule has 0 unspecified atom stereocenters. The summed E-state index contributed by atoms with van der Waals surface area (Å²) in [6.45, 7) is 0. The number of aromatic nitrogens is 3. The molecule has 0 aliphatic heterocycles. The van der Waals surface area contributed by atoms with E-state index >= 15 is 0 Å². The normalized spacial score (nSPS) is 12.4. The maximum Gasteiger partial charge on any atom is 0.291 e. The van der Waals surface area contributed by atoms with Gasteiger partial charge in [0.15, 0.2) is 5.82 Å². The van der Waals surface area contributed by atoms with Gasteiger partial charge in [0, 0.05) is 16.7 Å². The monoisotopic (exact) mass is 465 g/mol. The molecule has 0 saturated carbocycles. The number of hydrogen-bond donors (Lipinski definition) is 0. The number of furan rings is 1. The molecule has 0 radical (unpaired) electrons. The molecule has 2 aromatic carbocycles. The van der Waals surface area contributed by atoms with E-state index in [-0.39, 0.29) is 5.56 Å². The summed E-state index contributed by atoms with van der Waals surface area (Å²) in [5, 5.41) is 5.39. The van der Waals surface area contributed by atoms with Crippen molar-refractivity contribution in [2.24, 2.45) is 0 Å². The molecule has 5 aromatic rings. The summed E-state index contributed by atoms with van der Waals surface area (Å²) < 4.78 is 7.64. The fourth-order valence-corrected chi connectivity index (χ4v) is 4.32. The number of fused-ring (bicyclic) bond motifs is 1. The fraction of sp³-hybridized carbons (Fsp3) is 0. The van der Waals surface area contributed by atoms with Crippen LogP contribution in [0.2, 0.25) is 10.0 Å². The molecule has 31 heavy (non-hydrogen) atoms. The predicted octanol–water partition coefficient (Wildman–Crippen LogP) is 5.44. The van der Waals surface area contributed by atoms with E-state index in [4.69, 9.17) is 27.6 Å². The molecule has 0 fully saturated rings. The van der Waals surface area contributed by atoms with Crippen molar-refractivity contribution in [1.82, 2.24) is 14.6 Å². The Labute approximate surface area is 190 Å². The summed E-state index contributed by atoms with van der Waals surface area (Å²) in [5.74, 6) is 1.57. The molecule has 0 spiro atoms. The van der Waals surface area contributed by atoms with Crippen molar-refractivity contribution in [3.8, 4) is 11.3 Å². The van der Waals surface area contributed by atoms with E-state index in [9.17, 15) is 4.79 Å². The van der Waals surface area contributed by atoms with Crippen molar-refractivity contribution in [3.63, 3.8) is 0 Å². The summed E-state index contributed by atoms with van der Waals surface area (Å²) in [4.78, 5) is 17.7. The minimum atomic E-state index is -0.245. The molecule has 0 saturated heterocycles. The molecule has 152 valence electrons. The highest BCUT2D eigenvalue weighted by molar-refractivity contribution is 7.15. The van der Waals surface area contributed by atoms with Crippen molar-refractivity contribution >= 4 is 57.7 Å². The molecule has 3 heterocycles. The Balaban J connectivity index is 1.46. The van der Waals surface area contributed by atoms with Gasteiger partial charge in [-0.15, -0.1) is 5.10 Å². The first kappa shape index (κ1) is 19.8. The molecule has 0 atom stereocenters. The van der Waals surface area contributed by atoms with Crippen molar-refractivity contribution in [2.45, 2.75) is 0 Å². The van der Waals surface area contributed by atoms with Crippen LogP contribution in [0.5, 0.6) is 0 Å². The largest absolute Gasteiger partial charge is 0.457 e. The molecular weight excluding hydrogens is 453 g/mol. The summed E-state index contributed by atoms with van der Waals surface area (Å²) in [6.07, 6.45) is 5.36. The molecule has 0 amide bonds. The van der Waals surface area contributed by atoms with E-state index in [0.717, 1.165) is 5.56 Å². The Morgan fingerprint density at radius 3 is 2.65 bits per heavy atom. The topological polar surface area (TPSA) is 60.4 Å². The van der Waals surface area contributed by atoms with E-state index in [1.165, 1.54) is 15.9 Å². The number of rotatable bonds is 4. The third kappa shape index (κ3) is 4.05. The van der Waals surface area contributed by atoms with Gasteiger partial charge in [0.05, 0.1) is 5.02 Å². The lowest BCUT2D eigenvalue weighted by atomic mass is 10.2. The molecule has 8 heteroatoms. The fourth-order valence-electron chi connectivity index (χ4n) is 3.05. The Kier molecular flexibility index (Phi) is 5.19. The highest BCUT2D eigenvalue weighted by atomic mass is 35.5. The smallest absolute Gasteiger partial charge is 0.291 e. The molecule has 0 aliphatic carbocycles. The molecule has 3 aromatic heterocycles. The zero-order chi connectivity index (χ0) is 21.4. The first-order chi connectivity index (χ1) is 15.1. The van der Waals surface area contributed by atoms with Gasteiger partial charge in [-0.2, -0.15) is 9.50 Å². The van der Waals surface area contributed by atoms with Crippen molar-refractivity contribution < 1.29 is 4.42 Å². The van der Waals surface area contributed by atoms with Gasteiger partial charge >= 0.3 is 0 Å². The lowest BCUT2D eigenvalue weighted by molar-refractivity contribution is 0.571. The molecule has 0 bridgehead atoms. The third-order valence-corrected chi connectivity index (χ3v) is 6.04. The number of halogens is 2. The standard InChI is InChI=1S/C23H13Cl2N3O2S/c24-15-7-9-18(25)17(12-15)19-10-8-16(30-19)13-20-22(29)28-23(31-20)26-21(27-28)11-6-14-4-2-1-3-5-14/h1-13H. The van der Waals surface area contributed by atoms with Crippen LogP contribution in [0.1, 0.15) is 17.1 Å². The molecule has 0 aliphatic rings. The third-order valence-electron chi connectivity index (χ3n) is 4.52. The van der Waals surface area contributed by atoms with Crippen LogP contribution in [0.3, 0.4) is 0 Å². The summed E-state index contributed by atoms with van der Waals surface area (Å²) in [7, 11) is 0. The van der Waals surface area contributed by atoms with Crippen LogP contribution in [0, 0.1) is 0 Å². The van der Waals surface area contributed by atoms with Gasteiger partial charge < -0.3 is 4.42 Å². The van der Waals surface area contributed by atoms with E-state index in [1.807, 2.05) is 36.4 Å². The van der Waals surface area contributed by atoms with Crippen LogP contribution in [0.15, 0.2) is 69.9 Å². The lowest BCUT2D eigenvalue weighted by Gasteiger charge is -2.00. The van der Waals surface area contributed by atoms with Crippen LogP contribution in [-0.4, -0.2) is 14.6 Å². The highest BCUT2D eigenvalue weighted by Gasteiger charge is 2.11. The second-order valence-corrected chi connectivity index (χ2v) is 8.50. The first-order valence-corrected chi connectivity index (χ1v) is 10.8. The number of thiazole rings is 1. The zero-order valence-electron chi connectivity index (χ0n) is 15.8. The van der Waals surface area contributed by atoms with Gasteiger partial charge in [-0.25, -0.2) is 0 Å². The summed E-state index contributed by atoms with van der Waals surface area (Å²) in [6, 6.07) is 18.6. The van der Waals surface area contributed by atoms with Gasteiger partial charge in [0.25, 0.3) is 5.56 Å².